The first kappa shape index (κ1) is 52.0. The minimum absolute atomic E-state index is 0. The summed E-state index contributed by atoms with van der Waals surface area (Å²) in [6.07, 6.45) is 0. The second kappa shape index (κ2) is 36.8. The van der Waals surface area contributed by atoms with E-state index in [1.807, 2.05) is 0 Å². The van der Waals surface area contributed by atoms with Gasteiger partial charge >= 0.3 is 47.0 Å². The summed E-state index contributed by atoms with van der Waals surface area (Å²) >= 11 is 0. The first-order valence-corrected chi connectivity index (χ1v) is 0. The fourth-order valence-electron chi connectivity index (χ4n) is 0. The van der Waals surface area contributed by atoms with Gasteiger partial charge in [0.05, 0.1) is 0 Å². The topological polar surface area (TPSA) is 0 Å². The van der Waals surface area contributed by atoms with Gasteiger partial charge in [-0.15, -0.1) is 0 Å². The second-order valence-electron chi connectivity index (χ2n) is 0. The Hall–Kier alpha value is 3.85. The third kappa shape index (κ3) is 24.8. The molecule has 0 atom stereocenters. The molecule has 0 bridgehead atoms. The van der Waals surface area contributed by atoms with Crippen LogP contribution in [0.3, 0.4) is 0 Å². The Bertz CT molecular complexity index is 22.0. The van der Waals surface area contributed by atoms with Gasteiger partial charge in [-0.3, -0.25) is 0 Å². The predicted octanol–water partition coefficient (Wildman–Crippen LogP) is -2.26. The normalized spacial score (nSPS) is 0. The average Bonchev–Trinajstić information content (AvgIpc) is 0. The van der Waals surface area contributed by atoms with Crippen LogP contribution >= 0.6 is 0 Å². The van der Waals surface area contributed by atoms with Crippen molar-refractivity contribution < 1.29 is 58.8 Å². The Morgan fingerprint density at radius 3 is 1.17 bits per heavy atom. The minimum atomic E-state index is 0. The van der Waals surface area contributed by atoms with E-state index < -0.39 is 0 Å². The zero-order chi connectivity index (χ0) is 0. The van der Waals surface area contributed by atoms with E-state index in [1.54, 1.807) is 0 Å². The molecule has 0 aliphatic heterocycles. The first-order valence-electron chi connectivity index (χ1n) is 0. The van der Waals surface area contributed by atoms with E-state index in [9.17, 15) is 0 Å². The van der Waals surface area contributed by atoms with Crippen molar-refractivity contribution in [3.8, 4) is 0 Å². The van der Waals surface area contributed by atoms with Gasteiger partial charge in [0.2, 0.25) is 0 Å². The molecule has 0 saturated carbocycles. The van der Waals surface area contributed by atoms with Crippen LogP contribution in [0.5, 0.6) is 0 Å². The Kier molecular flexibility index (Phi) is 319. The van der Waals surface area contributed by atoms with Crippen molar-refractivity contribution in [2.24, 2.45) is 0 Å². The molecule has 6 heavy (non-hydrogen) atoms. The molecule has 4 radical (unpaired) electrons. The van der Waals surface area contributed by atoms with Crippen molar-refractivity contribution in [1.29, 1.82) is 0 Å². The summed E-state index contributed by atoms with van der Waals surface area (Å²) in [5.74, 6) is 0. The molecule has 0 aliphatic rings. The number of rotatable bonds is 0. The molecular weight excluding hydrogens is 400 g/mol. The Morgan fingerprint density at radius 1 is 1.17 bits per heavy atom. The number of hydrogen-bond acceptors (Lipinski definition) is 0. The van der Waals surface area contributed by atoms with E-state index in [1.165, 1.54) is 0 Å². The van der Waals surface area contributed by atoms with Crippen molar-refractivity contribution >= 4 is 64.3 Å². The standard InChI is InChI=1S/Ag.Al.Cu.Mg.Ni.Sn.7H/q;;;+2;;;;;;;;2*-1. The van der Waals surface area contributed by atoms with Gasteiger partial charge in [-0.25, -0.2) is 0 Å². The molecule has 0 saturated heterocycles. The third-order valence-corrected chi connectivity index (χ3v) is 0. The Morgan fingerprint density at radius 2 is 1.17 bits per heavy atom. The van der Waals surface area contributed by atoms with Crippen LogP contribution in [0.15, 0.2) is 0 Å². The Labute approximate surface area is 121 Å². The van der Waals surface area contributed by atoms with Gasteiger partial charge in [-0.1, -0.05) is 0 Å². The summed E-state index contributed by atoms with van der Waals surface area (Å²) in [4.78, 5) is 0. The van der Waals surface area contributed by atoms with E-state index in [-0.39, 0.29) is 123 Å². The van der Waals surface area contributed by atoms with Gasteiger partial charge in [0.25, 0.3) is 0 Å². The van der Waals surface area contributed by atoms with Crippen molar-refractivity contribution in [2.45, 2.75) is 0 Å². The maximum atomic E-state index is 0. The fraction of sp³-hybridized carbons (Fsp3) is 0. The second-order valence-corrected chi connectivity index (χ2v) is 0. The van der Waals surface area contributed by atoms with E-state index in [0.717, 1.165) is 0 Å². The third-order valence-electron chi connectivity index (χ3n) is 0. The molecule has 0 N–H and O–H groups in total. The van der Waals surface area contributed by atoms with Gasteiger partial charge in [0.1, 0.15) is 0 Å². The van der Waals surface area contributed by atoms with Crippen LogP contribution in [0, 0.1) is 0 Å². The molecular formula is H7AgAlCuMgNiSn. The molecule has 0 aromatic carbocycles. The average molecular weight is 407 g/mol. The molecule has 0 nitrogen and oxygen atoms in total. The SMILES string of the molecule is [Ag].[AlH3].[Cu].[H-].[H-].[Mg+2].[Ni].[SnH2]. The molecule has 0 unspecified atom stereocenters. The summed E-state index contributed by atoms with van der Waals surface area (Å²) in [6.45, 7) is 0. The summed E-state index contributed by atoms with van der Waals surface area (Å²) in [5, 5.41) is 0. The molecule has 0 spiro atoms. The van der Waals surface area contributed by atoms with Crippen molar-refractivity contribution in [3.63, 3.8) is 0 Å². The van der Waals surface area contributed by atoms with Gasteiger partial charge in [-0.05, 0) is 0 Å². The molecule has 0 rings (SSSR count). The zero-order valence-corrected chi connectivity index (χ0v) is 11.2. The predicted molar refractivity (Wildman–Crippen MR) is 26.5 cm³/mol. The van der Waals surface area contributed by atoms with Gasteiger partial charge < -0.3 is 2.85 Å². The van der Waals surface area contributed by atoms with Crippen LogP contribution in [-0.4, -0.2) is 64.3 Å². The fourth-order valence-corrected chi connectivity index (χ4v) is 0. The quantitative estimate of drug-likeness (QED) is 0.398. The summed E-state index contributed by atoms with van der Waals surface area (Å²) in [7, 11) is 0. The molecule has 0 amide bonds. The summed E-state index contributed by atoms with van der Waals surface area (Å²) < 4.78 is 0. The van der Waals surface area contributed by atoms with Crippen LogP contribution in [0.1, 0.15) is 2.85 Å². The number of hydrogen-bond donors (Lipinski definition) is 0. The van der Waals surface area contributed by atoms with E-state index in [4.69, 9.17) is 0 Å². The molecule has 0 fully saturated rings. The van der Waals surface area contributed by atoms with E-state index in [2.05, 4.69) is 0 Å². The zero-order valence-electron chi connectivity index (χ0n) is 4.33. The van der Waals surface area contributed by atoms with E-state index >= 15 is 0 Å². The molecule has 0 heterocycles. The van der Waals surface area contributed by atoms with E-state index in [0.29, 0.717) is 0 Å². The molecule has 0 aliphatic carbocycles. The monoisotopic (exact) mass is 406 g/mol. The molecule has 48 valence electrons. The van der Waals surface area contributed by atoms with Crippen molar-refractivity contribution in [3.05, 3.63) is 0 Å². The van der Waals surface area contributed by atoms with Crippen LogP contribution in [0.4, 0.5) is 0 Å². The molecule has 0 aromatic heterocycles. The molecule has 6 heteroatoms. The van der Waals surface area contributed by atoms with Crippen LogP contribution in [0.25, 0.3) is 0 Å². The van der Waals surface area contributed by atoms with Crippen molar-refractivity contribution in [2.75, 3.05) is 0 Å². The Balaban J connectivity index is 0. The van der Waals surface area contributed by atoms with Crippen LogP contribution < -0.4 is 0 Å². The van der Waals surface area contributed by atoms with Gasteiger partial charge in [-0.2, -0.15) is 0 Å². The maximum absolute atomic E-state index is 0. The van der Waals surface area contributed by atoms with Crippen LogP contribution in [-0.2, 0) is 55.9 Å². The van der Waals surface area contributed by atoms with Gasteiger partial charge in [0, 0.05) is 55.9 Å². The summed E-state index contributed by atoms with van der Waals surface area (Å²) in [6, 6.07) is 0. The van der Waals surface area contributed by atoms with Gasteiger partial charge in [0.15, 0.2) is 17.4 Å². The van der Waals surface area contributed by atoms with Crippen molar-refractivity contribution in [1.82, 2.24) is 0 Å². The first-order chi connectivity index (χ1) is 0. The summed E-state index contributed by atoms with van der Waals surface area (Å²) in [5.41, 5.74) is 0. The molecule has 0 aromatic rings. The van der Waals surface area contributed by atoms with Crippen LogP contribution in [0.2, 0.25) is 0 Å².